The Morgan fingerprint density at radius 3 is 2.83 bits per heavy atom. The second-order valence-electron chi connectivity index (χ2n) is 4.81. The van der Waals surface area contributed by atoms with Crippen molar-refractivity contribution in [3.8, 4) is 0 Å². The number of thiazole rings is 1. The van der Waals surface area contributed by atoms with Crippen LogP contribution < -0.4 is 10.6 Å². The quantitative estimate of drug-likeness (QED) is 0.726. The van der Waals surface area contributed by atoms with Gasteiger partial charge in [-0.05, 0) is 36.4 Å². The predicted octanol–water partition coefficient (Wildman–Crippen LogP) is 3.48. The van der Waals surface area contributed by atoms with Crippen LogP contribution in [0.2, 0.25) is 0 Å². The van der Waals surface area contributed by atoms with E-state index in [1.54, 1.807) is 30.5 Å². The van der Waals surface area contributed by atoms with Gasteiger partial charge in [-0.25, -0.2) is 9.37 Å². The molecule has 1 aromatic carbocycles. The zero-order valence-electron chi connectivity index (χ0n) is 12.1. The van der Waals surface area contributed by atoms with Crippen molar-refractivity contribution in [3.05, 3.63) is 65.3 Å². The summed E-state index contributed by atoms with van der Waals surface area (Å²) in [7, 11) is 0. The average Bonchev–Trinajstić information content (AvgIpc) is 3.20. The smallest absolute Gasteiger partial charge is 0.226 e. The molecule has 0 saturated carbocycles. The number of nitrogens with one attached hydrogen (secondary N) is 2. The summed E-state index contributed by atoms with van der Waals surface area (Å²) >= 11 is 1.39. The molecule has 0 bridgehead atoms. The molecule has 0 aliphatic heterocycles. The van der Waals surface area contributed by atoms with Gasteiger partial charge in [0.15, 0.2) is 5.13 Å². The minimum absolute atomic E-state index is 0.125. The molecule has 3 rings (SSSR count). The third-order valence-corrected chi connectivity index (χ3v) is 3.84. The molecule has 2 heterocycles. The first-order chi connectivity index (χ1) is 11.2. The van der Waals surface area contributed by atoms with Crippen molar-refractivity contribution in [1.29, 1.82) is 0 Å². The molecule has 1 amide bonds. The number of anilines is 2. The zero-order chi connectivity index (χ0) is 16.1. The van der Waals surface area contributed by atoms with Crippen LogP contribution in [0.15, 0.2) is 52.5 Å². The molecular formula is C16H14FN3O2S. The number of hydrogen-bond donors (Lipinski definition) is 2. The van der Waals surface area contributed by atoms with E-state index in [1.165, 1.54) is 23.5 Å². The highest BCUT2D eigenvalue weighted by Crippen LogP contribution is 2.21. The second-order valence-corrected chi connectivity index (χ2v) is 5.67. The number of carbonyl (C=O) groups excluding carboxylic acids is 1. The molecule has 0 saturated heterocycles. The lowest BCUT2D eigenvalue weighted by molar-refractivity contribution is -0.120. The maximum absolute atomic E-state index is 12.9. The lowest BCUT2D eigenvalue weighted by Crippen LogP contribution is -2.24. The number of benzene rings is 1. The molecule has 118 valence electrons. The Bertz CT molecular complexity index is 769. The van der Waals surface area contributed by atoms with Crippen LogP contribution in [-0.2, 0) is 17.8 Å². The van der Waals surface area contributed by atoms with E-state index in [9.17, 15) is 9.18 Å². The molecule has 0 aliphatic carbocycles. The van der Waals surface area contributed by atoms with Crippen molar-refractivity contribution in [1.82, 2.24) is 10.3 Å². The third kappa shape index (κ3) is 4.40. The van der Waals surface area contributed by atoms with Crippen LogP contribution in [0, 0.1) is 5.82 Å². The molecule has 0 fully saturated rings. The van der Waals surface area contributed by atoms with Crippen molar-refractivity contribution in [2.75, 3.05) is 5.32 Å². The van der Waals surface area contributed by atoms with Crippen LogP contribution >= 0.6 is 11.3 Å². The Labute approximate surface area is 136 Å². The van der Waals surface area contributed by atoms with Crippen molar-refractivity contribution in [2.24, 2.45) is 0 Å². The highest BCUT2D eigenvalue weighted by atomic mass is 32.1. The van der Waals surface area contributed by atoms with Crippen molar-refractivity contribution in [3.63, 3.8) is 0 Å². The topological polar surface area (TPSA) is 67.2 Å². The third-order valence-electron chi connectivity index (χ3n) is 3.03. The second kappa shape index (κ2) is 7.06. The number of rotatable bonds is 6. The van der Waals surface area contributed by atoms with Gasteiger partial charge in [-0.15, -0.1) is 11.3 Å². The molecule has 2 aromatic heterocycles. The first-order valence-corrected chi connectivity index (χ1v) is 7.83. The first kappa shape index (κ1) is 15.2. The first-order valence-electron chi connectivity index (χ1n) is 6.95. The molecule has 23 heavy (non-hydrogen) atoms. The molecule has 3 aromatic rings. The van der Waals surface area contributed by atoms with E-state index in [0.29, 0.717) is 23.1 Å². The number of furan rings is 1. The molecule has 0 radical (unpaired) electrons. The monoisotopic (exact) mass is 331 g/mol. The number of aromatic nitrogens is 1. The van der Waals surface area contributed by atoms with E-state index in [1.807, 2.05) is 5.38 Å². The fraction of sp³-hybridized carbons (Fsp3) is 0.125. The van der Waals surface area contributed by atoms with Crippen molar-refractivity contribution in [2.45, 2.75) is 13.0 Å². The Morgan fingerprint density at radius 1 is 1.26 bits per heavy atom. The van der Waals surface area contributed by atoms with Gasteiger partial charge in [0.05, 0.1) is 24.9 Å². The van der Waals surface area contributed by atoms with Crippen LogP contribution in [0.5, 0.6) is 0 Å². The van der Waals surface area contributed by atoms with Gasteiger partial charge in [0.2, 0.25) is 5.91 Å². The van der Waals surface area contributed by atoms with E-state index in [-0.39, 0.29) is 18.1 Å². The fourth-order valence-corrected chi connectivity index (χ4v) is 2.66. The lowest BCUT2D eigenvalue weighted by atomic mass is 10.3. The summed E-state index contributed by atoms with van der Waals surface area (Å²) in [5, 5.41) is 8.32. The van der Waals surface area contributed by atoms with E-state index in [0.717, 1.165) is 5.69 Å². The summed E-state index contributed by atoms with van der Waals surface area (Å²) in [6.45, 7) is 0.358. The Kier molecular flexibility index (Phi) is 4.68. The maximum Gasteiger partial charge on any atom is 0.226 e. The largest absolute Gasteiger partial charge is 0.467 e. The fourth-order valence-electron chi connectivity index (χ4n) is 1.93. The normalized spacial score (nSPS) is 10.5. The zero-order valence-corrected chi connectivity index (χ0v) is 12.9. The number of amides is 1. The summed E-state index contributed by atoms with van der Waals surface area (Å²) < 4.78 is 18.0. The molecule has 5 nitrogen and oxygen atoms in total. The predicted molar refractivity (Wildman–Crippen MR) is 86.1 cm³/mol. The summed E-state index contributed by atoms with van der Waals surface area (Å²) in [5.41, 5.74) is 1.42. The number of carbonyl (C=O) groups is 1. The molecular weight excluding hydrogens is 317 g/mol. The van der Waals surface area contributed by atoms with Crippen LogP contribution in [-0.4, -0.2) is 10.9 Å². The minimum Gasteiger partial charge on any atom is -0.467 e. The van der Waals surface area contributed by atoms with Gasteiger partial charge >= 0.3 is 0 Å². The average molecular weight is 331 g/mol. The van der Waals surface area contributed by atoms with E-state index in [4.69, 9.17) is 4.42 Å². The van der Waals surface area contributed by atoms with Crippen molar-refractivity contribution < 1.29 is 13.6 Å². The van der Waals surface area contributed by atoms with E-state index >= 15 is 0 Å². The summed E-state index contributed by atoms with van der Waals surface area (Å²) in [4.78, 5) is 16.2. The molecule has 0 aliphatic rings. The molecule has 7 heteroatoms. The lowest BCUT2D eigenvalue weighted by Gasteiger charge is -2.02. The summed E-state index contributed by atoms with van der Waals surface area (Å²) in [6, 6.07) is 9.58. The van der Waals surface area contributed by atoms with Crippen LogP contribution in [0.1, 0.15) is 11.5 Å². The highest BCUT2D eigenvalue weighted by molar-refractivity contribution is 7.13. The van der Waals surface area contributed by atoms with E-state index in [2.05, 4.69) is 15.6 Å². The van der Waals surface area contributed by atoms with Gasteiger partial charge in [0, 0.05) is 11.1 Å². The Hall–Kier alpha value is -2.67. The Morgan fingerprint density at radius 2 is 2.09 bits per heavy atom. The molecule has 0 spiro atoms. The SMILES string of the molecule is O=C(Cc1csc(Nc2ccc(F)cc2)n1)NCc1ccco1. The number of halogens is 1. The van der Waals surface area contributed by atoms with Crippen LogP contribution in [0.25, 0.3) is 0 Å². The van der Waals surface area contributed by atoms with Gasteiger partial charge in [0.25, 0.3) is 0 Å². The van der Waals surface area contributed by atoms with Gasteiger partial charge < -0.3 is 15.1 Å². The molecule has 0 unspecified atom stereocenters. The van der Waals surface area contributed by atoms with Crippen LogP contribution in [0.4, 0.5) is 15.2 Å². The molecule has 0 atom stereocenters. The summed E-state index contributed by atoms with van der Waals surface area (Å²) in [5.74, 6) is 0.291. The number of hydrogen-bond acceptors (Lipinski definition) is 5. The standard InChI is InChI=1S/C16H14FN3O2S/c17-11-3-5-12(6-4-11)19-16-20-13(10-23-16)8-15(21)18-9-14-2-1-7-22-14/h1-7,10H,8-9H2,(H,18,21)(H,19,20). The van der Waals surface area contributed by atoms with Gasteiger partial charge in [-0.3, -0.25) is 4.79 Å². The van der Waals surface area contributed by atoms with Gasteiger partial charge in [-0.2, -0.15) is 0 Å². The summed E-state index contributed by atoms with van der Waals surface area (Å²) in [6.07, 6.45) is 1.76. The van der Waals surface area contributed by atoms with Crippen LogP contribution in [0.3, 0.4) is 0 Å². The van der Waals surface area contributed by atoms with Gasteiger partial charge in [-0.1, -0.05) is 0 Å². The highest BCUT2D eigenvalue weighted by Gasteiger charge is 2.08. The number of nitrogens with zero attached hydrogens (tertiary/aromatic N) is 1. The van der Waals surface area contributed by atoms with E-state index < -0.39 is 0 Å². The molecule has 2 N–H and O–H groups in total. The maximum atomic E-state index is 12.9. The minimum atomic E-state index is -0.288. The Balaban J connectivity index is 1.52. The van der Waals surface area contributed by atoms with Crippen molar-refractivity contribution >= 4 is 28.1 Å². The van der Waals surface area contributed by atoms with Gasteiger partial charge in [0.1, 0.15) is 11.6 Å².